The lowest BCUT2D eigenvalue weighted by Gasteiger charge is -2.65. The first kappa shape index (κ1) is 40.7. The highest BCUT2D eigenvalue weighted by Crippen LogP contribution is 2.59. The van der Waals surface area contributed by atoms with Gasteiger partial charge in [0.2, 0.25) is 11.8 Å². The fraction of sp³-hybridized carbons (Fsp3) is 0.458. The predicted molar refractivity (Wildman–Crippen MR) is 228 cm³/mol. The molecule has 6 aliphatic rings. The first-order valence-electron chi connectivity index (χ1n) is 21.3. The molecule has 13 heteroatoms. The van der Waals surface area contributed by atoms with Gasteiger partial charge in [-0.2, -0.15) is 5.26 Å². The fourth-order valence-electron chi connectivity index (χ4n) is 11.4. The molecule has 9 rings (SSSR count). The Kier molecular flexibility index (Phi) is 10.2. The molecule has 0 aromatic heterocycles. The number of fused-ring (bicyclic) bond motifs is 2. The highest BCUT2D eigenvalue weighted by atomic mass is 35.5. The number of benzene rings is 3. The molecule has 5 aliphatic heterocycles. The highest BCUT2D eigenvalue weighted by Gasteiger charge is 2.67. The number of hydrogen-bond acceptors (Lipinski definition) is 9. The predicted octanol–water partition coefficient (Wildman–Crippen LogP) is 6.18. The zero-order valence-electron chi connectivity index (χ0n) is 34.9. The van der Waals surface area contributed by atoms with E-state index in [1.807, 2.05) is 29.2 Å². The second-order valence-corrected chi connectivity index (χ2v) is 19.0. The lowest BCUT2D eigenvalue weighted by molar-refractivity contribution is -0.199. The van der Waals surface area contributed by atoms with Gasteiger partial charge >= 0.3 is 0 Å². The molecule has 61 heavy (non-hydrogen) atoms. The Morgan fingerprint density at radius 3 is 2.20 bits per heavy atom. The molecule has 3 aromatic carbocycles. The van der Waals surface area contributed by atoms with Crippen LogP contribution in [0.5, 0.6) is 5.75 Å². The third kappa shape index (κ3) is 7.04. The molecule has 4 fully saturated rings. The van der Waals surface area contributed by atoms with Crippen LogP contribution in [-0.4, -0.2) is 94.6 Å². The van der Waals surface area contributed by atoms with Crippen molar-refractivity contribution in [3.05, 3.63) is 93.0 Å². The van der Waals surface area contributed by atoms with Crippen molar-refractivity contribution in [2.45, 2.75) is 97.0 Å². The van der Waals surface area contributed by atoms with Gasteiger partial charge in [-0.05, 0) is 93.2 Å². The first-order valence-corrected chi connectivity index (χ1v) is 21.7. The van der Waals surface area contributed by atoms with Crippen LogP contribution in [0.25, 0.3) is 0 Å². The zero-order chi connectivity index (χ0) is 43.0. The van der Waals surface area contributed by atoms with Gasteiger partial charge in [0.15, 0.2) is 0 Å². The van der Waals surface area contributed by atoms with Crippen LogP contribution in [0.2, 0.25) is 5.02 Å². The van der Waals surface area contributed by atoms with Gasteiger partial charge in [-0.1, -0.05) is 57.2 Å². The summed E-state index contributed by atoms with van der Waals surface area (Å²) < 4.78 is 6.48. The van der Waals surface area contributed by atoms with Crippen LogP contribution in [0.15, 0.2) is 54.6 Å². The highest BCUT2D eigenvalue weighted by molar-refractivity contribution is 6.31. The van der Waals surface area contributed by atoms with Crippen LogP contribution in [-0.2, 0) is 16.1 Å². The van der Waals surface area contributed by atoms with Crippen molar-refractivity contribution < 1.29 is 28.7 Å². The number of carbonyl (C=O) groups excluding carboxylic acids is 5. The van der Waals surface area contributed by atoms with Crippen LogP contribution in [0.4, 0.5) is 5.69 Å². The number of nitrogens with zero attached hydrogens (tertiary/aromatic N) is 5. The van der Waals surface area contributed by atoms with Gasteiger partial charge in [-0.15, -0.1) is 0 Å². The number of imide groups is 2. The van der Waals surface area contributed by atoms with Crippen LogP contribution in [0.1, 0.15) is 114 Å². The minimum Gasteiger partial charge on any atom is -0.489 e. The standard InChI is InChI=1S/C48H49ClN6O6/c1-47(2)45(48(3,4)46(47)61-34-11-9-30(26-50)38(49)25-34)54-27-31-8-7-29(23-36(31)42(54)58)6-5-28-15-19-52(20-16-28)32-17-21-53(22-18-32)33-10-12-35-37(24-33)44(60)55(43(35)59)39-13-14-40(56)51-41(39)57/h7-12,23-25,28,32,39,45-46H,13-22,27H2,1-4H3,(H,51,56,57)/t39?,45-,46-. The van der Waals surface area contributed by atoms with Crippen molar-refractivity contribution in [2.75, 3.05) is 31.1 Å². The smallest absolute Gasteiger partial charge is 0.262 e. The molecular formula is C48H49ClN6O6. The van der Waals surface area contributed by atoms with Crippen molar-refractivity contribution in [3.63, 3.8) is 0 Å². The Labute approximate surface area is 361 Å². The Balaban J connectivity index is 0.771. The maximum Gasteiger partial charge on any atom is 0.262 e. The molecule has 1 saturated carbocycles. The van der Waals surface area contributed by atoms with Gasteiger partial charge in [0.25, 0.3) is 17.7 Å². The summed E-state index contributed by atoms with van der Waals surface area (Å²) in [5.74, 6) is 5.87. The summed E-state index contributed by atoms with van der Waals surface area (Å²) in [5, 5.41) is 11.9. The number of rotatable bonds is 6. The van der Waals surface area contributed by atoms with E-state index in [1.165, 1.54) is 0 Å². The summed E-state index contributed by atoms with van der Waals surface area (Å²) >= 11 is 6.30. The molecule has 0 bridgehead atoms. The summed E-state index contributed by atoms with van der Waals surface area (Å²) in [6, 6.07) is 18.0. The van der Waals surface area contributed by atoms with E-state index >= 15 is 0 Å². The number of piperidine rings is 3. The van der Waals surface area contributed by atoms with E-state index in [0.717, 1.165) is 79.1 Å². The summed E-state index contributed by atoms with van der Waals surface area (Å²) in [6.07, 6.45) is 3.99. The summed E-state index contributed by atoms with van der Waals surface area (Å²) in [6.45, 7) is 12.7. The minimum atomic E-state index is -0.977. The molecule has 1 unspecified atom stereocenters. The maximum absolute atomic E-state index is 14.0. The topological polar surface area (TPSA) is 143 Å². The molecule has 1 N–H and O–H groups in total. The van der Waals surface area contributed by atoms with Crippen molar-refractivity contribution >= 4 is 46.8 Å². The molecule has 12 nitrogen and oxygen atoms in total. The van der Waals surface area contributed by atoms with Gasteiger partial charge in [0, 0.05) is 77.8 Å². The number of likely N-dealkylation sites (tertiary alicyclic amines) is 1. The Morgan fingerprint density at radius 2 is 1.51 bits per heavy atom. The second kappa shape index (κ2) is 15.3. The van der Waals surface area contributed by atoms with Gasteiger partial charge in [-0.3, -0.25) is 34.2 Å². The molecule has 0 spiro atoms. The van der Waals surface area contributed by atoms with E-state index in [2.05, 4.69) is 60.7 Å². The number of anilines is 1. The number of nitrogens with one attached hydrogen (secondary N) is 1. The van der Waals surface area contributed by atoms with Crippen molar-refractivity contribution in [1.82, 2.24) is 20.0 Å². The summed E-state index contributed by atoms with van der Waals surface area (Å²) in [4.78, 5) is 72.5. The Morgan fingerprint density at radius 1 is 0.787 bits per heavy atom. The lowest BCUT2D eigenvalue weighted by Crippen LogP contribution is -2.74. The third-order valence-corrected chi connectivity index (χ3v) is 14.4. The van der Waals surface area contributed by atoms with Gasteiger partial charge in [-0.25, -0.2) is 0 Å². The first-order chi connectivity index (χ1) is 29.1. The molecule has 1 atom stereocenters. The number of hydrogen-bond donors (Lipinski definition) is 1. The zero-order valence-corrected chi connectivity index (χ0v) is 35.7. The quantitative estimate of drug-likeness (QED) is 0.227. The lowest BCUT2D eigenvalue weighted by atomic mass is 9.49. The second-order valence-electron chi connectivity index (χ2n) is 18.6. The van der Waals surface area contributed by atoms with Gasteiger partial charge in [0.05, 0.1) is 21.7 Å². The largest absolute Gasteiger partial charge is 0.489 e. The molecular weight excluding hydrogens is 792 g/mol. The molecule has 5 heterocycles. The molecule has 314 valence electrons. The molecule has 1 aliphatic carbocycles. The number of ether oxygens (including phenoxy) is 1. The van der Waals surface area contributed by atoms with E-state index < -0.39 is 29.7 Å². The number of halogens is 1. The summed E-state index contributed by atoms with van der Waals surface area (Å²) in [5.41, 5.74) is 3.80. The van der Waals surface area contributed by atoms with Crippen molar-refractivity contribution in [1.29, 1.82) is 5.26 Å². The van der Waals surface area contributed by atoms with Crippen molar-refractivity contribution in [2.24, 2.45) is 16.7 Å². The van der Waals surface area contributed by atoms with Crippen LogP contribution in [0, 0.1) is 39.9 Å². The molecule has 3 saturated heterocycles. The fourth-order valence-corrected chi connectivity index (χ4v) is 11.6. The third-order valence-electron chi connectivity index (χ3n) is 14.0. The Hall–Kier alpha value is -5.69. The van der Waals surface area contributed by atoms with E-state index in [0.29, 0.717) is 40.0 Å². The van der Waals surface area contributed by atoms with E-state index in [9.17, 15) is 29.2 Å². The van der Waals surface area contributed by atoms with E-state index in [-0.39, 0.29) is 47.6 Å². The number of carbonyl (C=O) groups is 5. The van der Waals surface area contributed by atoms with Crippen LogP contribution >= 0.6 is 11.6 Å². The summed E-state index contributed by atoms with van der Waals surface area (Å²) in [7, 11) is 0. The normalized spacial score (nSPS) is 25.0. The van der Waals surface area contributed by atoms with Gasteiger partial charge in [0.1, 0.15) is 24.0 Å². The SMILES string of the molecule is CC1(C)[C@H](Oc2ccc(C#N)c(Cl)c2)C(C)(C)[C@H]1N1Cc2ccc(C#CC3CCN(C4CCN(c5ccc6c(c5)C(=O)N(C5CCC(=O)NC5=O)C6=O)CC4)CC3)cc2C1=O. The molecule has 0 radical (unpaired) electrons. The monoisotopic (exact) mass is 840 g/mol. The molecule has 5 amide bonds. The van der Waals surface area contributed by atoms with Gasteiger partial charge < -0.3 is 19.4 Å². The average molecular weight is 841 g/mol. The van der Waals surface area contributed by atoms with Crippen molar-refractivity contribution in [3.8, 4) is 23.7 Å². The van der Waals surface area contributed by atoms with E-state index in [1.54, 1.807) is 30.3 Å². The average Bonchev–Trinajstić information content (AvgIpc) is 3.69. The number of nitriles is 1. The molecule has 3 aromatic rings. The number of amides is 5. The minimum absolute atomic E-state index is 0.0280. The Bertz CT molecular complexity index is 2470. The van der Waals surface area contributed by atoms with E-state index in [4.69, 9.17) is 16.3 Å². The maximum atomic E-state index is 14.0. The van der Waals surface area contributed by atoms with Crippen LogP contribution < -0.4 is 15.0 Å². The van der Waals surface area contributed by atoms with Crippen LogP contribution in [0.3, 0.4) is 0 Å².